The molecule has 0 unspecified atom stereocenters. The first-order chi connectivity index (χ1) is 6.19. The Labute approximate surface area is 85.1 Å². The summed E-state index contributed by atoms with van der Waals surface area (Å²) in [4.78, 5) is 11.3. The zero-order chi connectivity index (χ0) is 9.84. The first-order valence-corrected chi connectivity index (χ1v) is 4.86. The third-order valence-electron chi connectivity index (χ3n) is 1.81. The molecule has 0 N–H and O–H groups in total. The minimum atomic E-state index is -0.530. The van der Waals surface area contributed by atoms with E-state index in [0.717, 1.165) is 4.47 Å². The molecule has 0 bridgehead atoms. The van der Waals surface area contributed by atoms with Gasteiger partial charge in [-0.25, -0.2) is 4.39 Å². The molecule has 0 aliphatic carbocycles. The average molecular weight is 245 g/mol. The van der Waals surface area contributed by atoms with Crippen LogP contribution in [-0.4, -0.2) is 5.78 Å². The number of rotatable bonds is 3. The van der Waals surface area contributed by atoms with Gasteiger partial charge in [0.15, 0.2) is 5.78 Å². The number of benzene rings is 1. The van der Waals surface area contributed by atoms with Crippen molar-refractivity contribution in [3.63, 3.8) is 0 Å². The molecule has 0 fully saturated rings. The van der Waals surface area contributed by atoms with Gasteiger partial charge >= 0.3 is 0 Å². The lowest BCUT2D eigenvalue weighted by Crippen LogP contribution is -1.98. The van der Waals surface area contributed by atoms with Gasteiger partial charge in [0.1, 0.15) is 6.67 Å². The summed E-state index contributed by atoms with van der Waals surface area (Å²) in [6.07, 6.45) is 0.439. The highest BCUT2D eigenvalue weighted by molar-refractivity contribution is 9.10. The Morgan fingerprint density at radius 1 is 1.54 bits per heavy atom. The van der Waals surface area contributed by atoms with Crippen molar-refractivity contribution >= 4 is 21.7 Å². The van der Waals surface area contributed by atoms with Crippen molar-refractivity contribution in [2.45, 2.75) is 20.0 Å². The molecule has 0 aromatic heterocycles. The van der Waals surface area contributed by atoms with Gasteiger partial charge in [0.2, 0.25) is 0 Å². The normalized spacial score (nSPS) is 10.1. The molecule has 1 rings (SSSR count). The molecule has 0 amide bonds. The summed E-state index contributed by atoms with van der Waals surface area (Å²) < 4.78 is 13.0. The number of halogens is 2. The Balaban J connectivity index is 3.11. The van der Waals surface area contributed by atoms with Crippen LogP contribution >= 0.6 is 15.9 Å². The largest absolute Gasteiger partial charge is 0.294 e. The van der Waals surface area contributed by atoms with E-state index in [9.17, 15) is 9.18 Å². The fourth-order valence-electron chi connectivity index (χ4n) is 1.06. The molecule has 0 spiro atoms. The highest BCUT2D eigenvalue weighted by Crippen LogP contribution is 2.20. The molecule has 0 atom stereocenters. The van der Waals surface area contributed by atoms with Crippen LogP contribution in [-0.2, 0) is 6.67 Å². The molecular weight excluding hydrogens is 235 g/mol. The van der Waals surface area contributed by atoms with Gasteiger partial charge in [0.05, 0.1) is 0 Å². The van der Waals surface area contributed by atoms with Crippen molar-refractivity contribution < 1.29 is 9.18 Å². The average Bonchev–Trinajstić information content (AvgIpc) is 2.17. The van der Waals surface area contributed by atoms with Crippen LogP contribution in [0.5, 0.6) is 0 Å². The lowest BCUT2D eigenvalue weighted by molar-refractivity contribution is 0.0987. The highest BCUT2D eigenvalue weighted by atomic mass is 79.9. The van der Waals surface area contributed by atoms with Crippen molar-refractivity contribution in [1.29, 1.82) is 0 Å². The fraction of sp³-hybridized carbons (Fsp3) is 0.300. The van der Waals surface area contributed by atoms with Crippen molar-refractivity contribution in [3.8, 4) is 0 Å². The molecule has 1 aromatic rings. The third kappa shape index (κ3) is 2.37. The van der Waals surface area contributed by atoms with Crippen LogP contribution in [0.4, 0.5) is 4.39 Å². The Hall–Kier alpha value is -0.700. The molecule has 0 saturated heterocycles. The van der Waals surface area contributed by atoms with Gasteiger partial charge in [-0.05, 0) is 17.7 Å². The van der Waals surface area contributed by atoms with E-state index < -0.39 is 6.67 Å². The summed E-state index contributed by atoms with van der Waals surface area (Å²) in [6, 6.07) is 4.96. The number of carbonyl (C=O) groups is 1. The maximum Gasteiger partial charge on any atom is 0.163 e. The summed E-state index contributed by atoms with van der Waals surface area (Å²) in [5, 5.41) is 0. The van der Waals surface area contributed by atoms with E-state index >= 15 is 0 Å². The van der Waals surface area contributed by atoms with Crippen molar-refractivity contribution in [3.05, 3.63) is 33.8 Å². The van der Waals surface area contributed by atoms with Crippen molar-refractivity contribution in [1.82, 2.24) is 0 Å². The zero-order valence-electron chi connectivity index (χ0n) is 7.31. The summed E-state index contributed by atoms with van der Waals surface area (Å²) in [6.45, 7) is 1.26. The zero-order valence-corrected chi connectivity index (χ0v) is 8.90. The lowest BCUT2D eigenvalue weighted by Gasteiger charge is -2.03. The third-order valence-corrected chi connectivity index (χ3v) is 2.50. The summed E-state index contributed by atoms with van der Waals surface area (Å²) in [7, 11) is 0. The predicted molar refractivity (Wildman–Crippen MR) is 53.6 cm³/mol. The number of hydrogen-bond donors (Lipinski definition) is 0. The van der Waals surface area contributed by atoms with Gasteiger partial charge in [-0.1, -0.05) is 28.9 Å². The van der Waals surface area contributed by atoms with E-state index in [1.807, 2.05) is 0 Å². The van der Waals surface area contributed by atoms with E-state index in [-0.39, 0.29) is 5.78 Å². The van der Waals surface area contributed by atoms with Gasteiger partial charge in [-0.3, -0.25) is 4.79 Å². The summed E-state index contributed by atoms with van der Waals surface area (Å²) >= 11 is 3.26. The van der Waals surface area contributed by atoms with Crippen LogP contribution < -0.4 is 0 Å². The number of hydrogen-bond acceptors (Lipinski definition) is 1. The van der Waals surface area contributed by atoms with E-state index in [1.165, 1.54) is 0 Å². The second-order valence-corrected chi connectivity index (χ2v) is 3.58. The second kappa shape index (κ2) is 4.51. The van der Waals surface area contributed by atoms with Crippen molar-refractivity contribution in [2.24, 2.45) is 0 Å². The summed E-state index contributed by atoms with van der Waals surface area (Å²) in [5.74, 6) is 0.0298. The van der Waals surface area contributed by atoms with Crippen LogP contribution in [0.2, 0.25) is 0 Å². The predicted octanol–water partition coefficient (Wildman–Crippen LogP) is 3.51. The monoisotopic (exact) mass is 244 g/mol. The van der Waals surface area contributed by atoms with Gasteiger partial charge in [-0.2, -0.15) is 0 Å². The van der Waals surface area contributed by atoms with Gasteiger partial charge in [-0.15, -0.1) is 0 Å². The Bertz CT molecular complexity index is 323. The molecule has 0 radical (unpaired) electrons. The smallest absolute Gasteiger partial charge is 0.163 e. The molecule has 0 saturated carbocycles. The quantitative estimate of drug-likeness (QED) is 0.744. The minimum absolute atomic E-state index is 0.0298. The Kier molecular flexibility index (Phi) is 3.60. The number of ketones is 1. The molecule has 0 aliphatic heterocycles. The first kappa shape index (κ1) is 10.4. The van der Waals surface area contributed by atoms with Crippen LogP contribution in [0.1, 0.15) is 29.3 Å². The Morgan fingerprint density at radius 2 is 2.23 bits per heavy atom. The summed E-state index contributed by atoms with van der Waals surface area (Å²) in [5.41, 5.74) is 1.11. The molecular formula is C10H10BrFO. The topological polar surface area (TPSA) is 17.1 Å². The molecule has 3 heteroatoms. The molecule has 1 nitrogen and oxygen atoms in total. The van der Waals surface area contributed by atoms with E-state index in [4.69, 9.17) is 0 Å². The van der Waals surface area contributed by atoms with Crippen molar-refractivity contribution in [2.75, 3.05) is 0 Å². The molecule has 13 heavy (non-hydrogen) atoms. The fourth-order valence-corrected chi connectivity index (χ4v) is 1.53. The molecule has 0 heterocycles. The number of carbonyl (C=O) groups excluding carboxylic acids is 1. The van der Waals surface area contributed by atoms with Crippen LogP contribution in [0.25, 0.3) is 0 Å². The number of alkyl halides is 1. The van der Waals surface area contributed by atoms with Gasteiger partial charge < -0.3 is 0 Å². The van der Waals surface area contributed by atoms with E-state index in [2.05, 4.69) is 15.9 Å². The molecule has 1 aromatic carbocycles. The highest BCUT2D eigenvalue weighted by Gasteiger charge is 2.08. The van der Waals surface area contributed by atoms with E-state index in [0.29, 0.717) is 17.5 Å². The standard InChI is InChI=1S/C10H10BrFO/c1-2-10(13)8-5-7(6-12)3-4-9(8)11/h3-5H,2,6H2,1H3. The van der Waals surface area contributed by atoms with Crippen LogP contribution in [0.3, 0.4) is 0 Å². The molecule has 70 valence electrons. The second-order valence-electron chi connectivity index (χ2n) is 2.72. The van der Waals surface area contributed by atoms with Crippen LogP contribution in [0, 0.1) is 0 Å². The lowest BCUT2D eigenvalue weighted by atomic mass is 10.1. The SMILES string of the molecule is CCC(=O)c1cc(CF)ccc1Br. The Morgan fingerprint density at radius 3 is 2.77 bits per heavy atom. The number of Topliss-reactive ketones (excluding diaryl/α,β-unsaturated/α-hetero) is 1. The van der Waals surface area contributed by atoms with Gasteiger partial charge in [0.25, 0.3) is 0 Å². The van der Waals surface area contributed by atoms with Gasteiger partial charge in [0, 0.05) is 16.5 Å². The first-order valence-electron chi connectivity index (χ1n) is 4.06. The minimum Gasteiger partial charge on any atom is -0.294 e. The van der Waals surface area contributed by atoms with E-state index in [1.54, 1.807) is 25.1 Å². The maximum absolute atomic E-state index is 12.3. The molecule has 0 aliphatic rings. The van der Waals surface area contributed by atoms with Crippen LogP contribution in [0.15, 0.2) is 22.7 Å². The maximum atomic E-state index is 12.3.